The van der Waals surface area contributed by atoms with E-state index in [4.69, 9.17) is 5.73 Å². The van der Waals surface area contributed by atoms with Gasteiger partial charge in [-0.1, -0.05) is 18.2 Å². The third-order valence-electron chi connectivity index (χ3n) is 4.78. The number of hydrogen-bond acceptors (Lipinski definition) is 6. The first-order valence-corrected chi connectivity index (χ1v) is 8.70. The molecule has 0 spiro atoms. The highest BCUT2D eigenvalue weighted by Gasteiger charge is 2.28. The van der Waals surface area contributed by atoms with Gasteiger partial charge in [0.05, 0.1) is 5.69 Å². The Labute approximate surface area is 150 Å². The molecule has 0 amide bonds. The summed E-state index contributed by atoms with van der Waals surface area (Å²) in [7, 11) is 0. The van der Waals surface area contributed by atoms with E-state index in [-0.39, 0.29) is 11.6 Å². The van der Waals surface area contributed by atoms with Gasteiger partial charge in [0.1, 0.15) is 11.6 Å². The van der Waals surface area contributed by atoms with Gasteiger partial charge in [-0.05, 0) is 31.9 Å². The van der Waals surface area contributed by atoms with Gasteiger partial charge in [0.25, 0.3) is 0 Å². The van der Waals surface area contributed by atoms with Gasteiger partial charge in [0, 0.05) is 30.8 Å². The number of benzene rings is 1. The highest BCUT2D eigenvalue weighted by molar-refractivity contribution is 5.44. The van der Waals surface area contributed by atoms with Crippen molar-refractivity contribution in [1.82, 2.24) is 24.7 Å². The third-order valence-corrected chi connectivity index (χ3v) is 4.78. The van der Waals surface area contributed by atoms with Crippen molar-refractivity contribution in [2.45, 2.75) is 25.7 Å². The molecule has 3 aromatic rings. The molecule has 8 heteroatoms. The topological polar surface area (TPSA) is 106 Å². The Morgan fingerprint density at radius 3 is 2.85 bits per heavy atom. The maximum Gasteiger partial charge on any atom is 0.347 e. The summed E-state index contributed by atoms with van der Waals surface area (Å²) in [5.74, 6) is 1.97. The van der Waals surface area contributed by atoms with E-state index in [1.54, 1.807) is 10.8 Å². The second-order valence-corrected chi connectivity index (χ2v) is 6.58. The standard InChI is InChI=1S/C18H21N7O/c1-12-10-20-17(21-15(12)19)24-9-5-6-13(11-24)16-22-23-18(26)25(16)14-7-3-2-4-8-14/h2-4,7-8,10,13H,5-6,9,11H2,1H3,(H,23,26)(H2,19,20,21)/t13-/m0/s1. The predicted octanol–water partition coefficient (Wildman–Crippen LogP) is 1.63. The molecule has 2 aromatic heterocycles. The van der Waals surface area contributed by atoms with Crippen LogP contribution in [0.5, 0.6) is 0 Å². The van der Waals surface area contributed by atoms with Gasteiger partial charge >= 0.3 is 5.69 Å². The lowest BCUT2D eigenvalue weighted by atomic mass is 9.97. The van der Waals surface area contributed by atoms with Gasteiger partial charge in [-0.15, -0.1) is 0 Å². The smallest absolute Gasteiger partial charge is 0.347 e. The number of rotatable bonds is 3. The summed E-state index contributed by atoms with van der Waals surface area (Å²) in [5.41, 5.74) is 7.40. The molecule has 8 nitrogen and oxygen atoms in total. The minimum Gasteiger partial charge on any atom is -0.383 e. The number of aryl methyl sites for hydroxylation is 1. The number of anilines is 2. The van der Waals surface area contributed by atoms with Crippen LogP contribution in [0, 0.1) is 6.92 Å². The average molecular weight is 351 g/mol. The summed E-state index contributed by atoms with van der Waals surface area (Å²) in [6, 6.07) is 9.56. The van der Waals surface area contributed by atoms with Gasteiger partial charge in [-0.2, -0.15) is 10.1 Å². The van der Waals surface area contributed by atoms with Crippen LogP contribution < -0.4 is 16.3 Å². The van der Waals surface area contributed by atoms with Crippen LogP contribution in [0.25, 0.3) is 5.69 Å². The van der Waals surface area contributed by atoms with Crippen molar-refractivity contribution in [2.75, 3.05) is 23.7 Å². The Hall–Kier alpha value is -3.16. The fourth-order valence-corrected chi connectivity index (χ4v) is 3.38. The van der Waals surface area contributed by atoms with Gasteiger partial charge in [-0.3, -0.25) is 0 Å². The summed E-state index contributed by atoms with van der Waals surface area (Å²) < 4.78 is 1.65. The number of H-pyrrole nitrogens is 1. The number of nitrogen functional groups attached to an aromatic ring is 1. The van der Waals surface area contributed by atoms with Crippen LogP contribution in [0.2, 0.25) is 0 Å². The summed E-state index contributed by atoms with van der Waals surface area (Å²) in [6.45, 7) is 3.44. The molecule has 1 aliphatic rings. The van der Waals surface area contributed by atoms with Crippen molar-refractivity contribution >= 4 is 11.8 Å². The van der Waals surface area contributed by atoms with Crippen molar-refractivity contribution in [3.8, 4) is 5.69 Å². The van der Waals surface area contributed by atoms with Gasteiger partial charge in [-0.25, -0.2) is 19.4 Å². The summed E-state index contributed by atoms with van der Waals surface area (Å²) in [6.07, 6.45) is 3.67. The largest absolute Gasteiger partial charge is 0.383 e. The van der Waals surface area contributed by atoms with Crippen LogP contribution in [0.4, 0.5) is 11.8 Å². The lowest BCUT2D eigenvalue weighted by Gasteiger charge is -2.32. The molecule has 1 atom stereocenters. The average Bonchev–Trinajstić information content (AvgIpc) is 3.06. The van der Waals surface area contributed by atoms with Crippen LogP contribution >= 0.6 is 0 Å². The molecule has 0 bridgehead atoms. The fourth-order valence-electron chi connectivity index (χ4n) is 3.38. The van der Waals surface area contributed by atoms with Crippen molar-refractivity contribution in [3.05, 3.63) is 58.4 Å². The Bertz CT molecular complexity index is 963. The normalized spacial score (nSPS) is 17.4. The number of piperidine rings is 1. The van der Waals surface area contributed by atoms with E-state index in [1.807, 2.05) is 37.3 Å². The molecule has 1 saturated heterocycles. The molecule has 0 saturated carbocycles. The molecule has 3 N–H and O–H groups in total. The lowest BCUT2D eigenvalue weighted by molar-refractivity contribution is 0.480. The van der Waals surface area contributed by atoms with E-state index in [9.17, 15) is 4.79 Å². The SMILES string of the molecule is Cc1cnc(N2CCC[C@H](c3n[nH]c(=O)n3-c3ccccc3)C2)nc1N. The van der Waals surface area contributed by atoms with E-state index in [0.717, 1.165) is 36.5 Å². The zero-order valence-electron chi connectivity index (χ0n) is 14.6. The fraction of sp³-hybridized carbons (Fsp3) is 0.333. The molecule has 0 radical (unpaired) electrons. The molecule has 26 heavy (non-hydrogen) atoms. The van der Waals surface area contributed by atoms with Crippen LogP contribution in [-0.4, -0.2) is 37.8 Å². The maximum atomic E-state index is 12.3. The summed E-state index contributed by atoms with van der Waals surface area (Å²) >= 11 is 0. The molecule has 1 aliphatic heterocycles. The highest BCUT2D eigenvalue weighted by atomic mass is 16.1. The van der Waals surface area contributed by atoms with Gasteiger partial charge in [0.2, 0.25) is 5.95 Å². The van der Waals surface area contributed by atoms with Crippen molar-refractivity contribution in [1.29, 1.82) is 0 Å². The van der Waals surface area contributed by atoms with Gasteiger partial charge in [0.15, 0.2) is 0 Å². The molecule has 4 rings (SSSR count). The monoisotopic (exact) mass is 351 g/mol. The van der Waals surface area contributed by atoms with Gasteiger partial charge < -0.3 is 10.6 Å². The first-order valence-electron chi connectivity index (χ1n) is 8.70. The van der Waals surface area contributed by atoms with E-state index in [2.05, 4.69) is 25.1 Å². The van der Waals surface area contributed by atoms with Crippen molar-refractivity contribution < 1.29 is 0 Å². The Kier molecular flexibility index (Phi) is 4.16. The minimum atomic E-state index is -0.223. The Morgan fingerprint density at radius 2 is 2.08 bits per heavy atom. The second-order valence-electron chi connectivity index (χ2n) is 6.58. The van der Waals surface area contributed by atoms with Crippen LogP contribution in [0.15, 0.2) is 41.3 Å². The number of para-hydroxylation sites is 1. The first kappa shape index (κ1) is 16.3. The van der Waals surface area contributed by atoms with E-state index in [1.165, 1.54) is 0 Å². The van der Waals surface area contributed by atoms with Crippen LogP contribution in [0.3, 0.4) is 0 Å². The number of aromatic amines is 1. The number of nitrogens with two attached hydrogens (primary N) is 1. The number of nitrogens with one attached hydrogen (secondary N) is 1. The number of hydrogen-bond donors (Lipinski definition) is 2. The summed E-state index contributed by atoms with van der Waals surface area (Å²) in [4.78, 5) is 23.2. The number of aromatic nitrogens is 5. The Morgan fingerprint density at radius 1 is 1.27 bits per heavy atom. The molecular weight excluding hydrogens is 330 g/mol. The number of nitrogens with zero attached hydrogens (tertiary/aromatic N) is 5. The molecule has 1 fully saturated rings. The third kappa shape index (κ3) is 2.94. The molecule has 3 heterocycles. The molecule has 1 aromatic carbocycles. The lowest BCUT2D eigenvalue weighted by Crippen LogP contribution is -2.37. The van der Waals surface area contributed by atoms with Crippen molar-refractivity contribution in [2.24, 2.45) is 0 Å². The molecule has 0 aliphatic carbocycles. The van der Waals surface area contributed by atoms with E-state index >= 15 is 0 Å². The van der Waals surface area contributed by atoms with Crippen LogP contribution in [0.1, 0.15) is 30.1 Å². The van der Waals surface area contributed by atoms with Crippen molar-refractivity contribution in [3.63, 3.8) is 0 Å². The zero-order valence-corrected chi connectivity index (χ0v) is 14.6. The molecule has 0 unspecified atom stereocenters. The molecule has 134 valence electrons. The quantitative estimate of drug-likeness (QED) is 0.743. The maximum absolute atomic E-state index is 12.3. The summed E-state index contributed by atoms with van der Waals surface area (Å²) in [5, 5.41) is 6.90. The Balaban J connectivity index is 1.65. The highest BCUT2D eigenvalue weighted by Crippen LogP contribution is 2.28. The van der Waals surface area contributed by atoms with E-state index < -0.39 is 0 Å². The minimum absolute atomic E-state index is 0.106. The zero-order chi connectivity index (χ0) is 18.1. The van der Waals surface area contributed by atoms with E-state index in [0.29, 0.717) is 18.3 Å². The predicted molar refractivity (Wildman–Crippen MR) is 99.6 cm³/mol. The van der Waals surface area contributed by atoms with Crippen LogP contribution in [-0.2, 0) is 0 Å². The molecular formula is C18H21N7O. The second kappa shape index (κ2) is 6.62. The first-order chi connectivity index (χ1) is 12.6.